The minimum atomic E-state index is -0.0986. The zero-order valence-electron chi connectivity index (χ0n) is 14.8. The summed E-state index contributed by atoms with van der Waals surface area (Å²) in [6.45, 7) is 8.29. The summed E-state index contributed by atoms with van der Waals surface area (Å²) >= 11 is 1.57. The van der Waals surface area contributed by atoms with Gasteiger partial charge in [-0.1, -0.05) is 41.2 Å². The number of nitrogens with zero attached hydrogens (tertiary/aromatic N) is 2. The highest BCUT2D eigenvalue weighted by atomic mass is 32.1. The zero-order valence-corrected chi connectivity index (χ0v) is 15.6. The van der Waals surface area contributed by atoms with Crippen LogP contribution in [0.5, 0.6) is 0 Å². The summed E-state index contributed by atoms with van der Waals surface area (Å²) in [7, 11) is 1.98. The van der Waals surface area contributed by atoms with E-state index in [1.165, 1.54) is 21.4 Å². The topological polar surface area (TPSA) is 34.4 Å². The average molecular weight is 338 g/mol. The molecule has 0 atom stereocenters. The fraction of sp³-hybridized carbons (Fsp3) is 0.300. The van der Waals surface area contributed by atoms with Crippen molar-refractivity contribution >= 4 is 27.5 Å². The zero-order chi connectivity index (χ0) is 17.4. The van der Waals surface area contributed by atoms with Gasteiger partial charge in [-0.05, 0) is 56.0 Å². The van der Waals surface area contributed by atoms with Crippen LogP contribution >= 0.6 is 11.3 Å². The molecule has 0 saturated carbocycles. The van der Waals surface area contributed by atoms with Gasteiger partial charge in [-0.15, -0.1) is 0 Å². The number of carbonyl (C=O) groups is 1. The lowest BCUT2D eigenvalue weighted by Crippen LogP contribution is -2.14. The van der Waals surface area contributed by atoms with Gasteiger partial charge in [0.05, 0.1) is 16.6 Å². The fourth-order valence-corrected chi connectivity index (χ4v) is 4.35. The van der Waals surface area contributed by atoms with Gasteiger partial charge in [-0.25, -0.2) is 0 Å². The van der Waals surface area contributed by atoms with Crippen molar-refractivity contribution in [3.05, 3.63) is 63.0 Å². The van der Waals surface area contributed by atoms with Gasteiger partial charge in [0.1, 0.15) is 0 Å². The molecule has 0 unspecified atom stereocenters. The Labute approximate surface area is 146 Å². The van der Waals surface area contributed by atoms with Crippen molar-refractivity contribution in [1.29, 1.82) is 0 Å². The van der Waals surface area contributed by atoms with Crippen LogP contribution in [0.15, 0.2) is 35.3 Å². The molecular weight excluding hydrogens is 316 g/mol. The van der Waals surface area contributed by atoms with Crippen molar-refractivity contribution in [2.24, 2.45) is 12.0 Å². The van der Waals surface area contributed by atoms with E-state index in [2.05, 4.69) is 44.0 Å². The predicted molar refractivity (Wildman–Crippen MR) is 100 cm³/mol. The van der Waals surface area contributed by atoms with E-state index in [-0.39, 0.29) is 5.91 Å². The second-order valence-electron chi connectivity index (χ2n) is 6.48. The van der Waals surface area contributed by atoms with Crippen LogP contribution in [0.2, 0.25) is 0 Å². The van der Waals surface area contributed by atoms with Crippen molar-refractivity contribution in [1.82, 2.24) is 4.57 Å². The summed E-state index contributed by atoms with van der Waals surface area (Å²) in [6, 6.07) is 10.5. The molecule has 0 spiro atoms. The summed E-state index contributed by atoms with van der Waals surface area (Å²) in [5.41, 5.74) is 7.00. The van der Waals surface area contributed by atoms with E-state index < -0.39 is 0 Å². The number of amides is 1. The lowest BCUT2D eigenvalue weighted by molar-refractivity contribution is -0.117. The van der Waals surface area contributed by atoms with Crippen LogP contribution in [-0.2, 0) is 18.3 Å². The number of benzene rings is 2. The maximum Gasteiger partial charge on any atom is 0.252 e. The molecule has 1 heterocycles. The summed E-state index contributed by atoms with van der Waals surface area (Å²) in [6.07, 6.45) is 0.346. The molecule has 3 aromatic rings. The minimum absolute atomic E-state index is 0.0986. The summed E-state index contributed by atoms with van der Waals surface area (Å²) in [5.74, 6) is -0.0986. The van der Waals surface area contributed by atoms with Gasteiger partial charge < -0.3 is 4.57 Å². The van der Waals surface area contributed by atoms with E-state index in [0.29, 0.717) is 6.42 Å². The molecule has 2 aromatic carbocycles. The highest BCUT2D eigenvalue weighted by molar-refractivity contribution is 7.16. The first-order valence-electron chi connectivity index (χ1n) is 8.05. The second-order valence-corrected chi connectivity index (χ2v) is 7.49. The van der Waals surface area contributed by atoms with Crippen molar-refractivity contribution < 1.29 is 4.79 Å². The standard InChI is InChI=1S/C20H22N2OS/c1-12-6-7-16(14(3)8-12)11-18(23)21-20-22(5)19-15(4)9-13(2)10-17(19)24-20/h6-10H,11H2,1-5H3. The Balaban J connectivity index is 1.99. The van der Waals surface area contributed by atoms with E-state index in [1.807, 2.05) is 30.7 Å². The molecule has 0 aliphatic rings. The number of thiazole rings is 1. The Morgan fingerprint density at radius 1 is 1.04 bits per heavy atom. The first kappa shape index (κ1) is 16.7. The van der Waals surface area contributed by atoms with Gasteiger partial charge in [-0.3, -0.25) is 4.79 Å². The van der Waals surface area contributed by atoms with Crippen LogP contribution in [0.3, 0.4) is 0 Å². The molecule has 0 N–H and O–H groups in total. The summed E-state index contributed by atoms with van der Waals surface area (Å²) in [5, 5.41) is 0. The van der Waals surface area contributed by atoms with Crippen molar-refractivity contribution in [3.63, 3.8) is 0 Å². The number of fused-ring (bicyclic) bond motifs is 1. The third kappa shape index (κ3) is 3.20. The van der Waals surface area contributed by atoms with Gasteiger partial charge in [0, 0.05) is 7.05 Å². The molecule has 0 saturated heterocycles. The maximum absolute atomic E-state index is 12.4. The van der Waals surface area contributed by atoms with E-state index in [0.717, 1.165) is 21.4 Å². The maximum atomic E-state index is 12.4. The highest BCUT2D eigenvalue weighted by Gasteiger charge is 2.09. The smallest absolute Gasteiger partial charge is 0.252 e. The van der Waals surface area contributed by atoms with Crippen molar-refractivity contribution in [2.75, 3.05) is 0 Å². The fourth-order valence-electron chi connectivity index (χ4n) is 3.14. The normalized spacial score (nSPS) is 12.1. The largest absolute Gasteiger partial charge is 0.319 e. The summed E-state index contributed by atoms with van der Waals surface area (Å²) < 4.78 is 3.20. The predicted octanol–water partition coefficient (Wildman–Crippen LogP) is 4.14. The lowest BCUT2D eigenvalue weighted by Gasteiger charge is -2.04. The van der Waals surface area contributed by atoms with E-state index >= 15 is 0 Å². The molecule has 1 amide bonds. The monoisotopic (exact) mass is 338 g/mol. The second kappa shape index (κ2) is 6.36. The van der Waals surface area contributed by atoms with Crippen LogP contribution < -0.4 is 4.80 Å². The molecule has 24 heavy (non-hydrogen) atoms. The van der Waals surface area contributed by atoms with Crippen LogP contribution in [-0.4, -0.2) is 10.5 Å². The van der Waals surface area contributed by atoms with Gasteiger partial charge in [-0.2, -0.15) is 4.99 Å². The number of aromatic nitrogens is 1. The van der Waals surface area contributed by atoms with Crippen LogP contribution in [0, 0.1) is 27.7 Å². The quantitative estimate of drug-likeness (QED) is 0.691. The Bertz CT molecular complexity index is 1010. The third-order valence-electron chi connectivity index (χ3n) is 4.29. The minimum Gasteiger partial charge on any atom is -0.319 e. The Hall–Kier alpha value is -2.20. The molecule has 4 heteroatoms. The molecule has 3 nitrogen and oxygen atoms in total. The number of rotatable bonds is 2. The number of carbonyl (C=O) groups excluding carboxylic acids is 1. The van der Waals surface area contributed by atoms with Gasteiger partial charge in [0.2, 0.25) is 0 Å². The number of hydrogen-bond donors (Lipinski definition) is 0. The van der Waals surface area contributed by atoms with E-state index in [9.17, 15) is 4.79 Å². The molecule has 1 aromatic heterocycles. The van der Waals surface area contributed by atoms with Gasteiger partial charge >= 0.3 is 0 Å². The van der Waals surface area contributed by atoms with Crippen molar-refractivity contribution in [3.8, 4) is 0 Å². The summed E-state index contributed by atoms with van der Waals surface area (Å²) in [4.78, 5) is 17.6. The Morgan fingerprint density at radius 2 is 1.75 bits per heavy atom. The molecule has 0 bridgehead atoms. The van der Waals surface area contributed by atoms with Gasteiger partial charge in [0.15, 0.2) is 4.80 Å². The molecule has 0 fully saturated rings. The van der Waals surface area contributed by atoms with Gasteiger partial charge in [0.25, 0.3) is 5.91 Å². The first-order valence-corrected chi connectivity index (χ1v) is 8.87. The molecular formula is C20H22N2OS. The van der Waals surface area contributed by atoms with Crippen molar-refractivity contribution in [2.45, 2.75) is 34.1 Å². The molecule has 3 rings (SSSR count). The molecule has 0 aliphatic heterocycles. The van der Waals surface area contributed by atoms with Crippen LogP contribution in [0.1, 0.15) is 27.8 Å². The average Bonchev–Trinajstić information content (AvgIpc) is 2.78. The molecule has 124 valence electrons. The van der Waals surface area contributed by atoms with Crippen LogP contribution in [0.25, 0.3) is 10.2 Å². The first-order chi connectivity index (χ1) is 11.3. The molecule has 0 aliphatic carbocycles. The third-order valence-corrected chi connectivity index (χ3v) is 5.37. The van der Waals surface area contributed by atoms with Crippen LogP contribution in [0.4, 0.5) is 0 Å². The number of hydrogen-bond acceptors (Lipinski definition) is 2. The molecule has 0 radical (unpaired) electrons. The van der Waals surface area contributed by atoms with E-state index in [4.69, 9.17) is 0 Å². The Morgan fingerprint density at radius 3 is 2.46 bits per heavy atom. The van der Waals surface area contributed by atoms with E-state index in [1.54, 1.807) is 11.3 Å². The highest BCUT2D eigenvalue weighted by Crippen LogP contribution is 2.22. The lowest BCUT2D eigenvalue weighted by atomic mass is 10.0. The Kier molecular flexibility index (Phi) is 4.41. The number of aryl methyl sites for hydroxylation is 5. The SMILES string of the molecule is Cc1ccc(CC(=O)N=c2sc3cc(C)cc(C)c3n2C)c(C)c1.